The van der Waals surface area contributed by atoms with E-state index < -0.39 is 6.03 Å². The first-order chi connectivity index (χ1) is 17.3. The maximum absolute atomic E-state index is 12.4. The first-order valence-electron chi connectivity index (χ1n) is 11.5. The number of pyridine rings is 1. The maximum atomic E-state index is 12.4. The fourth-order valence-electron chi connectivity index (χ4n) is 3.35. The van der Waals surface area contributed by atoms with E-state index in [9.17, 15) is 4.79 Å². The predicted octanol–water partition coefficient (Wildman–Crippen LogP) is 5.09. The van der Waals surface area contributed by atoms with E-state index in [0.29, 0.717) is 23.1 Å². The van der Waals surface area contributed by atoms with Crippen molar-refractivity contribution in [1.29, 1.82) is 0 Å². The Balaban J connectivity index is 1.27. The van der Waals surface area contributed by atoms with Crippen molar-refractivity contribution in [1.82, 2.24) is 25.4 Å². The quantitative estimate of drug-likeness (QED) is 0.297. The van der Waals surface area contributed by atoms with Crippen LogP contribution in [0.4, 0.5) is 16.3 Å². The van der Waals surface area contributed by atoms with E-state index in [1.54, 1.807) is 12.4 Å². The minimum atomic E-state index is -0.402. The fourth-order valence-corrected chi connectivity index (χ4v) is 4.17. The van der Waals surface area contributed by atoms with Gasteiger partial charge in [0.25, 0.3) is 0 Å². The average molecular weight is 506 g/mol. The van der Waals surface area contributed by atoms with Gasteiger partial charge in [0.1, 0.15) is 22.2 Å². The molecule has 1 aliphatic rings. The Morgan fingerprint density at radius 1 is 1.14 bits per heavy atom. The molecule has 1 aromatic carbocycles. The zero-order valence-corrected chi connectivity index (χ0v) is 21.0. The molecule has 0 saturated carbocycles. The monoisotopic (exact) mass is 505 g/mol. The summed E-state index contributed by atoms with van der Waals surface area (Å²) < 4.78 is 11.2. The van der Waals surface area contributed by atoms with Crippen molar-refractivity contribution in [3.05, 3.63) is 59.9 Å². The van der Waals surface area contributed by atoms with Crippen molar-refractivity contribution >= 4 is 39.2 Å². The molecule has 10 nitrogen and oxygen atoms in total. The van der Waals surface area contributed by atoms with Gasteiger partial charge in [-0.15, -0.1) is 11.3 Å². The lowest BCUT2D eigenvalue weighted by Crippen LogP contribution is -2.50. The van der Waals surface area contributed by atoms with Crippen molar-refractivity contribution in [3.8, 4) is 17.1 Å². The number of aromatic nitrogens is 4. The van der Waals surface area contributed by atoms with Crippen molar-refractivity contribution < 1.29 is 14.1 Å². The molecule has 0 atom stereocenters. The molecule has 186 valence electrons. The molecule has 5 rings (SSSR count). The number of H-pyrrole nitrogens is 1. The van der Waals surface area contributed by atoms with Crippen LogP contribution in [0.2, 0.25) is 0 Å². The zero-order valence-electron chi connectivity index (χ0n) is 20.2. The summed E-state index contributed by atoms with van der Waals surface area (Å²) in [5, 5.41) is 14.6. The van der Waals surface area contributed by atoms with Crippen LogP contribution in [0.5, 0.6) is 5.88 Å². The van der Waals surface area contributed by atoms with Gasteiger partial charge in [-0.05, 0) is 23.8 Å². The summed E-state index contributed by atoms with van der Waals surface area (Å²) in [5.41, 5.74) is 3.02. The number of amides is 2. The number of urea groups is 1. The van der Waals surface area contributed by atoms with Crippen LogP contribution in [-0.4, -0.2) is 45.3 Å². The summed E-state index contributed by atoms with van der Waals surface area (Å²) in [6, 6.07) is 12.5. The summed E-state index contributed by atoms with van der Waals surface area (Å²) in [7, 11) is 0. The lowest BCUT2D eigenvalue weighted by Gasteiger charge is -2.27. The highest BCUT2D eigenvalue weighted by Gasteiger charge is 2.20. The van der Waals surface area contributed by atoms with Crippen LogP contribution >= 0.6 is 11.3 Å². The first-order valence-corrected chi connectivity index (χ1v) is 12.4. The number of ether oxygens (including phenoxy) is 1. The molecule has 2 amide bonds. The van der Waals surface area contributed by atoms with E-state index in [4.69, 9.17) is 9.26 Å². The van der Waals surface area contributed by atoms with Crippen LogP contribution in [-0.2, 0) is 5.41 Å². The Bertz CT molecular complexity index is 1410. The molecule has 11 heteroatoms. The van der Waals surface area contributed by atoms with Crippen molar-refractivity contribution in [3.63, 3.8) is 0 Å². The van der Waals surface area contributed by atoms with Gasteiger partial charge in [-0.25, -0.2) is 14.8 Å². The average Bonchev–Trinajstić information content (AvgIpc) is 3.27. The fraction of sp³-hybridized carbons (Fsp3) is 0.280. The largest absolute Gasteiger partial charge is 0.472 e. The van der Waals surface area contributed by atoms with Crippen LogP contribution in [0.15, 0.2) is 58.7 Å². The molecule has 36 heavy (non-hydrogen) atoms. The standard InChI is InChI=1S/C25H27N7O3S/c1-25(2,3)20-10-21(32-35-20)30-24(33)29-16-6-4-15(5-7-16)19-13-36-23-18(27-14-28-19)8-9-22(31-23)34-17-11-26-12-17/h4-10,13-14,17,26H,11-12H2,1-3H3,(H,27,28)(H2,29,30,32,33). The molecule has 0 bridgehead atoms. The lowest BCUT2D eigenvalue weighted by atomic mass is 9.93. The second-order valence-corrected chi connectivity index (χ2v) is 10.3. The Hall–Kier alpha value is -3.96. The minimum Gasteiger partial charge on any atom is -0.472 e. The number of anilines is 2. The molecule has 0 unspecified atom stereocenters. The van der Waals surface area contributed by atoms with Gasteiger partial charge in [-0.2, -0.15) is 0 Å². The van der Waals surface area contributed by atoms with Crippen molar-refractivity contribution in [2.45, 2.75) is 32.3 Å². The summed E-state index contributed by atoms with van der Waals surface area (Å²) in [6.07, 6.45) is 1.81. The van der Waals surface area contributed by atoms with Gasteiger partial charge in [0.05, 0.1) is 12.0 Å². The molecule has 0 radical (unpaired) electrons. The number of carbonyl (C=O) groups is 1. The Kier molecular flexibility index (Phi) is 6.57. The molecule has 0 spiro atoms. The van der Waals surface area contributed by atoms with E-state index in [1.807, 2.05) is 62.5 Å². The third kappa shape index (κ3) is 5.64. The smallest absolute Gasteiger partial charge is 0.324 e. The number of carbonyl (C=O) groups excluding carboxylic acids is 1. The number of aromatic amines is 1. The number of benzene rings is 1. The van der Waals surface area contributed by atoms with Crippen LogP contribution in [0.25, 0.3) is 21.6 Å². The van der Waals surface area contributed by atoms with E-state index in [1.165, 1.54) is 11.3 Å². The number of fused-ring (bicyclic) bond motifs is 1. The molecule has 4 heterocycles. The molecule has 0 aliphatic carbocycles. The van der Waals surface area contributed by atoms with Gasteiger partial charge in [-0.1, -0.05) is 38.1 Å². The second kappa shape index (κ2) is 9.96. The first kappa shape index (κ1) is 23.8. The van der Waals surface area contributed by atoms with Gasteiger partial charge >= 0.3 is 6.03 Å². The van der Waals surface area contributed by atoms with Crippen LogP contribution in [0.3, 0.4) is 0 Å². The van der Waals surface area contributed by atoms with Gasteiger partial charge < -0.3 is 24.9 Å². The molecule has 4 aromatic rings. The number of hydrogen-bond donors (Lipinski definition) is 4. The van der Waals surface area contributed by atoms with Gasteiger partial charge in [-0.3, -0.25) is 5.32 Å². The summed E-state index contributed by atoms with van der Waals surface area (Å²) in [4.78, 5) is 25.5. The zero-order chi connectivity index (χ0) is 25.1. The molecular weight excluding hydrogens is 478 g/mol. The van der Waals surface area contributed by atoms with E-state index in [-0.39, 0.29) is 11.5 Å². The normalized spacial score (nSPS) is 13.6. The number of hydrogen-bond acceptors (Lipinski definition) is 8. The van der Waals surface area contributed by atoms with E-state index >= 15 is 0 Å². The van der Waals surface area contributed by atoms with Crippen LogP contribution in [0, 0.1) is 0 Å². The Morgan fingerprint density at radius 2 is 1.94 bits per heavy atom. The molecule has 4 N–H and O–H groups in total. The molecule has 1 fully saturated rings. The van der Waals surface area contributed by atoms with Gasteiger partial charge in [0, 0.05) is 41.7 Å². The van der Waals surface area contributed by atoms with E-state index in [0.717, 1.165) is 34.7 Å². The molecular formula is C25H27N7O3S. The Morgan fingerprint density at radius 3 is 2.64 bits per heavy atom. The molecule has 1 saturated heterocycles. The summed E-state index contributed by atoms with van der Waals surface area (Å²) >= 11 is 1.47. The number of nitrogens with one attached hydrogen (secondary N) is 4. The van der Waals surface area contributed by atoms with Crippen molar-refractivity contribution in [2.24, 2.45) is 0 Å². The topological polar surface area (TPSA) is 130 Å². The molecule has 3 aromatic heterocycles. The number of nitrogens with zero attached hydrogens (tertiary/aromatic N) is 3. The highest BCUT2D eigenvalue weighted by molar-refractivity contribution is 7.16. The predicted molar refractivity (Wildman–Crippen MR) is 140 cm³/mol. The lowest BCUT2D eigenvalue weighted by molar-refractivity contribution is 0.136. The highest BCUT2D eigenvalue weighted by atomic mass is 32.1. The highest BCUT2D eigenvalue weighted by Crippen LogP contribution is 2.25. The third-order valence-electron chi connectivity index (χ3n) is 5.50. The van der Waals surface area contributed by atoms with Crippen LogP contribution in [0.1, 0.15) is 26.5 Å². The third-order valence-corrected chi connectivity index (χ3v) is 6.38. The maximum Gasteiger partial charge on any atom is 0.324 e. The Labute approximate surface area is 211 Å². The second-order valence-electron chi connectivity index (χ2n) is 9.41. The summed E-state index contributed by atoms with van der Waals surface area (Å²) in [6.45, 7) is 7.71. The molecule has 1 aliphatic heterocycles. The minimum absolute atomic E-state index is 0.163. The van der Waals surface area contributed by atoms with E-state index in [2.05, 4.69) is 36.1 Å². The number of rotatable bonds is 5. The SMILES string of the molecule is CC(C)(C)c1cc(NC(=O)Nc2ccc(-c3csc4nc(OC5CNC5)ccc4nc[nH]3)cc2)no1. The summed E-state index contributed by atoms with van der Waals surface area (Å²) in [5.74, 6) is 1.65. The van der Waals surface area contributed by atoms with Crippen LogP contribution < -0.4 is 20.7 Å². The van der Waals surface area contributed by atoms with Gasteiger partial charge in [0.2, 0.25) is 5.88 Å². The van der Waals surface area contributed by atoms with Gasteiger partial charge in [0.15, 0.2) is 5.82 Å². The van der Waals surface area contributed by atoms with Crippen molar-refractivity contribution in [2.75, 3.05) is 23.7 Å².